The molecule has 70 heavy (non-hydrogen) atoms. The normalized spacial score (nSPS) is 15.0. The predicted molar refractivity (Wildman–Crippen MR) is 307 cm³/mol. The Morgan fingerprint density at radius 1 is 0.400 bits per heavy atom. The maximum atomic E-state index is 15.1. The lowest BCUT2D eigenvalue weighted by atomic mass is 9.95. The van der Waals surface area contributed by atoms with Crippen LogP contribution in [0, 0.1) is 25.7 Å². The molecule has 2 amide bonds. The predicted octanol–water partition coefficient (Wildman–Crippen LogP) is 18.6. The van der Waals surface area contributed by atoms with Crippen molar-refractivity contribution in [3.05, 3.63) is 142 Å². The summed E-state index contributed by atoms with van der Waals surface area (Å²) in [7, 11) is 0. The van der Waals surface area contributed by atoms with Gasteiger partial charge in [0.15, 0.2) is 0 Å². The summed E-state index contributed by atoms with van der Waals surface area (Å²) in [5, 5.41) is 10.4. The zero-order valence-electron chi connectivity index (χ0n) is 40.7. The smallest absolute Gasteiger partial charge is 0.259 e. The van der Waals surface area contributed by atoms with Crippen LogP contribution in [0.5, 0.6) is 0 Å². The molecular formula is C62H56N2O2S4. The van der Waals surface area contributed by atoms with Crippen LogP contribution in [0.15, 0.2) is 121 Å². The van der Waals surface area contributed by atoms with Crippen molar-refractivity contribution in [3.8, 4) is 30.6 Å². The van der Waals surface area contributed by atoms with Gasteiger partial charge in [-0.3, -0.25) is 9.59 Å². The van der Waals surface area contributed by atoms with E-state index in [0.717, 1.165) is 77.0 Å². The number of nitrogens with zero attached hydrogens (tertiary/aromatic N) is 2. The zero-order chi connectivity index (χ0) is 47.9. The van der Waals surface area contributed by atoms with E-state index in [-0.39, 0.29) is 11.8 Å². The second-order valence-electron chi connectivity index (χ2n) is 20.3. The molecule has 0 unspecified atom stereocenters. The fraction of sp³-hybridized carbons (Fsp3) is 0.258. The molecule has 0 radical (unpaired) electrons. The third kappa shape index (κ3) is 7.83. The van der Waals surface area contributed by atoms with Gasteiger partial charge in [0.2, 0.25) is 0 Å². The largest absolute Gasteiger partial charge is 0.308 e. The number of rotatable bonds is 13. The van der Waals surface area contributed by atoms with Crippen molar-refractivity contribution in [2.45, 2.75) is 80.1 Å². The second-order valence-corrected chi connectivity index (χ2v) is 25.1. The van der Waals surface area contributed by atoms with Crippen molar-refractivity contribution in [2.24, 2.45) is 11.8 Å². The van der Waals surface area contributed by atoms with Gasteiger partial charge in [-0.1, -0.05) is 114 Å². The highest BCUT2D eigenvalue weighted by atomic mass is 32.1. The highest BCUT2D eigenvalue weighted by Crippen LogP contribution is 2.50. The van der Waals surface area contributed by atoms with Crippen LogP contribution in [0.25, 0.3) is 94.3 Å². The number of hydrogen-bond donors (Lipinski definition) is 0. The molecule has 0 bridgehead atoms. The summed E-state index contributed by atoms with van der Waals surface area (Å²) in [6.45, 7) is 14.6. The van der Waals surface area contributed by atoms with Crippen molar-refractivity contribution >= 4 is 132 Å². The third-order valence-electron chi connectivity index (χ3n) is 14.6. The van der Waals surface area contributed by atoms with E-state index >= 15 is 4.79 Å². The molecular weight excluding hydrogens is 933 g/mol. The molecule has 4 aromatic heterocycles. The Morgan fingerprint density at radius 3 is 1.37 bits per heavy atom. The number of amides is 2. The quantitative estimate of drug-likeness (QED) is 0.0656. The maximum absolute atomic E-state index is 15.1. The van der Waals surface area contributed by atoms with Crippen molar-refractivity contribution in [3.63, 3.8) is 0 Å². The summed E-state index contributed by atoms with van der Waals surface area (Å²) < 4.78 is 2.63. The molecule has 6 heterocycles. The molecule has 2 aliphatic rings. The van der Waals surface area contributed by atoms with Gasteiger partial charge in [-0.25, -0.2) is 0 Å². The Hall–Kier alpha value is -5.90. The van der Waals surface area contributed by atoms with Gasteiger partial charge in [0, 0.05) is 73.7 Å². The summed E-state index contributed by atoms with van der Waals surface area (Å²) in [6.07, 6.45) is 6.16. The van der Waals surface area contributed by atoms with Crippen LogP contribution >= 0.6 is 45.3 Å². The molecule has 4 nitrogen and oxygen atoms in total. The van der Waals surface area contributed by atoms with Crippen molar-refractivity contribution in [1.29, 1.82) is 0 Å². The van der Waals surface area contributed by atoms with E-state index < -0.39 is 0 Å². The Kier molecular flexibility index (Phi) is 11.7. The van der Waals surface area contributed by atoms with E-state index in [0.29, 0.717) is 36.1 Å². The van der Waals surface area contributed by atoms with Crippen LogP contribution < -0.4 is 9.80 Å². The van der Waals surface area contributed by atoms with Crippen molar-refractivity contribution in [1.82, 2.24) is 0 Å². The first-order valence-electron chi connectivity index (χ1n) is 25.0. The number of thiophene rings is 4. The second kappa shape index (κ2) is 18.1. The van der Waals surface area contributed by atoms with E-state index in [2.05, 4.69) is 163 Å². The maximum Gasteiger partial charge on any atom is 0.259 e. The Morgan fingerprint density at radius 2 is 0.857 bits per heavy atom. The molecule has 0 aliphatic carbocycles. The van der Waals surface area contributed by atoms with E-state index in [1.807, 2.05) is 32.5 Å². The molecule has 10 aromatic rings. The van der Waals surface area contributed by atoms with E-state index in [4.69, 9.17) is 0 Å². The molecule has 0 spiro atoms. The minimum absolute atomic E-state index is 0.0605. The van der Waals surface area contributed by atoms with E-state index in [9.17, 15) is 4.79 Å². The SMILES string of the molecule is Cc1ccc(-c2ccc3c(c2)N(CCCCC(C)C)C(=O)/C3=C2/C(=O)N(CCCCC(C)C)c3cc(-c4ccc(-c5cc6c(ccc7c6ccc6c8ccc9sc(C)cc9c8ccc76)s5)s4)ccc32)s1. The summed E-state index contributed by atoms with van der Waals surface area (Å²) >= 11 is 7.29. The summed E-state index contributed by atoms with van der Waals surface area (Å²) in [5.41, 5.74) is 6.82. The fourth-order valence-electron chi connectivity index (χ4n) is 11.1. The molecule has 2 aliphatic heterocycles. The first-order chi connectivity index (χ1) is 34.0. The summed E-state index contributed by atoms with van der Waals surface area (Å²) in [5.74, 6) is 1.09. The van der Waals surface area contributed by atoms with Gasteiger partial charge in [0.05, 0.1) is 22.5 Å². The molecule has 8 heteroatoms. The number of carbonyl (C=O) groups excluding carboxylic acids is 2. The lowest BCUT2D eigenvalue weighted by Gasteiger charge is -2.18. The molecule has 350 valence electrons. The fourth-order valence-corrected chi connectivity index (χ4v) is 15.0. The number of fused-ring (bicyclic) bond motifs is 11. The first kappa shape index (κ1) is 45.3. The Bertz CT molecular complexity index is 3780. The van der Waals surface area contributed by atoms with Crippen LogP contribution in [0.1, 0.15) is 87.1 Å². The van der Waals surface area contributed by atoms with Crippen LogP contribution in [-0.2, 0) is 9.59 Å². The molecule has 12 rings (SSSR count). The molecule has 0 N–H and O–H groups in total. The topological polar surface area (TPSA) is 40.6 Å². The number of hydrogen-bond acceptors (Lipinski definition) is 6. The number of unbranched alkanes of at least 4 members (excludes halogenated alkanes) is 2. The van der Waals surface area contributed by atoms with Crippen LogP contribution in [0.3, 0.4) is 0 Å². The van der Waals surface area contributed by atoms with Crippen LogP contribution in [0.2, 0.25) is 0 Å². The van der Waals surface area contributed by atoms with Gasteiger partial charge in [-0.2, -0.15) is 0 Å². The van der Waals surface area contributed by atoms with Crippen LogP contribution in [0.4, 0.5) is 11.4 Å². The Labute approximate surface area is 426 Å². The standard InChI is InChI=1S/C62H56N2O2S4/c1-35(2)11-7-9-29-63-51-32-39(53-24-13-37(5)67-53)14-16-47(51)59(61(63)65)60-48-17-15-40(33-52(48)64(62(60)66)30-10-8-12-36(3)4)54-27-28-57(69-54)58-34-50-46-21-19-41-42(44(46)23-26-56(50)70-58)18-20-45-43(41)22-25-55-49(45)31-38(6)68-55/h13-28,31-36H,7-12,29-30H2,1-6H3/b60-59+. The van der Waals surface area contributed by atoms with Gasteiger partial charge in [-0.15, -0.1) is 45.3 Å². The molecule has 0 saturated heterocycles. The highest BCUT2D eigenvalue weighted by molar-refractivity contribution is 7.27. The molecule has 0 saturated carbocycles. The Balaban J connectivity index is 0.906. The van der Waals surface area contributed by atoms with Gasteiger partial charge in [0.25, 0.3) is 11.8 Å². The van der Waals surface area contributed by atoms with E-state index in [1.165, 1.54) is 76.9 Å². The average molecular weight is 989 g/mol. The summed E-state index contributed by atoms with van der Waals surface area (Å²) in [4.78, 5) is 41.4. The average Bonchev–Trinajstić information content (AvgIpc) is 4.22. The van der Waals surface area contributed by atoms with Gasteiger partial charge >= 0.3 is 0 Å². The number of aryl methyl sites for hydroxylation is 2. The monoisotopic (exact) mass is 988 g/mol. The molecule has 0 atom stereocenters. The van der Waals surface area contributed by atoms with Gasteiger partial charge < -0.3 is 9.80 Å². The van der Waals surface area contributed by atoms with Gasteiger partial charge in [-0.05, 0) is 143 Å². The van der Waals surface area contributed by atoms with Crippen LogP contribution in [-0.4, -0.2) is 24.9 Å². The third-order valence-corrected chi connectivity index (χ3v) is 19.1. The lowest BCUT2D eigenvalue weighted by Crippen LogP contribution is -2.30. The number of benzene rings is 6. The summed E-state index contributed by atoms with van der Waals surface area (Å²) in [6, 6.07) is 44.9. The lowest BCUT2D eigenvalue weighted by molar-refractivity contribution is -0.114. The van der Waals surface area contributed by atoms with Gasteiger partial charge in [0.1, 0.15) is 0 Å². The minimum Gasteiger partial charge on any atom is -0.308 e. The molecule has 6 aromatic carbocycles. The first-order valence-corrected chi connectivity index (χ1v) is 28.3. The minimum atomic E-state index is -0.0641. The highest BCUT2D eigenvalue weighted by Gasteiger charge is 2.42. The van der Waals surface area contributed by atoms with E-state index in [1.54, 1.807) is 22.7 Å². The number of carbonyl (C=O) groups is 2. The van der Waals surface area contributed by atoms with Crippen molar-refractivity contribution < 1.29 is 9.59 Å². The van der Waals surface area contributed by atoms with Crippen molar-refractivity contribution in [2.75, 3.05) is 22.9 Å². The number of anilines is 2. The molecule has 0 fully saturated rings. The zero-order valence-corrected chi connectivity index (χ0v) is 44.0.